The van der Waals surface area contributed by atoms with E-state index in [1.165, 1.54) is 24.3 Å². The van der Waals surface area contributed by atoms with Crippen LogP contribution in [0.1, 0.15) is 38.4 Å². The summed E-state index contributed by atoms with van der Waals surface area (Å²) in [6.07, 6.45) is 1.51. The van der Waals surface area contributed by atoms with Crippen LogP contribution in [0, 0.1) is 13.8 Å². The average Bonchev–Trinajstić information content (AvgIpc) is 3.38. The van der Waals surface area contributed by atoms with E-state index in [-0.39, 0.29) is 31.6 Å². The first-order valence-corrected chi connectivity index (χ1v) is 14.4. The van der Waals surface area contributed by atoms with Gasteiger partial charge in [0.1, 0.15) is 5.54 Å². The van der Waals surface area contributed by atoms with Gasteiger partial charge in [-0.2, -0.15) is 0 Å². The van der Waals surface area contributed by atoms with Crippen molar-refractivity contribution >= 4 is 62.2 Å². The van der Waals surface area contributed by atoms with Crippen molar-refractivity contribution in [2.75, 3.05) is 25.1 Å². The zero-order chi connectivity index (χ0) is 29.4. The highest BCUT2D eigenvalue weighted by Crippen LogP contribution is 2.37. The summed E-state index contributed by atoms with van der Waals surface area (Å²) >= 11 is 12.4. The summed E-state index contributed by atoms with van der Waals surface area (Å²) in [6, 6.07) is 9.01. The maximum absolute atomic E-state index is 13.3. The molecule has 1 aromatic heterocycles. The van der Waals surface area contributed by atoms with E-state index in [2.05, 4.69) is 15.6 Å². The number of amides is 2. The van der Waals surface area contributed by atoms with Crippen molar-refractivity contribution in [3.63, 3.8) is 0 Å². The third kappa shape index (κ3) is 5.53. The molecule has 2 heterocycles. The number of hydrogen-bond donors (Lipinski definition) is 6. The number of rotatable bonds is 9. The number of H-pyrrole nitrogens is 1. The number of halogens is 2. The van der Waals surface area contributed by atoms with Gasteiger partial charge in [0.2, 0.25) is 0 Å². The average molecular weight is 609 g/mol. The van der Waals surface area contributed by atoms with E-state index in [9.17, 15) is 33.3 Å². The molecule has 0 aliphatic carbocycles. The van der Waals surface area contributed by atoms with E-state index in [4.69, 9.17) is 23.2 Å². The Hall–Kier alpha value is -3.19. The molecule has 0 saturated carbocycles. The summed E-state index contributed by atoms with van der Waals surface area (Å²) in [4.78, 5) is 28.9. The van der Waals surface area contributed by atoms with Gasteiger partial charge in [-0.3, -0.25) is 9.59 Å². The molecule has 2 aromatic carbocycles. The molecule has 0 fully saturated rings. The SMILES string of the molecule is Cc1[nH]c(C=C2C(=O)Nc3ccc(S(=O)(=O)Cc4c(Cl)cccc4Cl)cc32)c(C)c1C(=O)NC(CO)(CO)CO. The number of aromatic amines is 1. The second kappa shape index (κ2) is 11.4. The van der Waals surface area contributed by atoms with E-state index in [0.29, 0.717) is 28.2 Å². The standard InChI is InChI=1S/C27H27Cl2N3O7S/c1-14-23(30-15(2)24(14)26(37)32-27(11-33,12-34)13-35)9-18-17-8-16(6-7-22(17)31-25(18)36)40(38,39)10-19-20(28)4-3-5-21(19)29/h3-9,30,33-35H,10-13H2,1-2H3,(H,31,36)(H,32,37). The highest BCUT2D eigenvalue weighted by atomic mass is 35.5. The number of aliphatic hydroxyl groups excluding tert-OH is 3. The smallest absolute Gasteiger partial charge is 0.256 e. The molecule has 0 atom stereocenters. The molecular formula is C27H27Cl2N3O7S. The lowest BCUT2D eigenvalue weighted by atomic mass is 10.0. The Kier molecular flexibility index (Phi) is 8.46. The first-order chi connectivity index (χ1) is 18.9. The van der Waals surface area contributed by atoms with Crippen molar-refractivity contribution in [2.24, 2.45) is 0 Å². The second-order valence-electron chi connectivity index (χ2n) is 9.55. The fraction of sp³-hybridized carbons (Fsp3) is 0.259. The first-order valence-electron chi connectivity index (χ1n) is 12.0. The van der Waals surface area contributed by atoms with Crippen LogP contribution in [-0.2, 0) is 20.4 Å². The summed E-state index contributed by atoms with van der Waals surface area (Å²) in [5.74, 6) is -1.54. The molecule has 13 heteroatoms. The van der Waals surface area contributed by atoms with E-state index in [0.717, 1.165) is 0 Å². The largest absolute Gasteiger partial charge is 0.394 e. The quantitative estimate of drug-likeness (QED) is 0.203. The molecule has 40 heavy (non-hydrogen) atoms. The maximum Gasteiger partial charge on any atom is 0.256 e. The van der Waals surface area contributed by atoms with Crippen molar-refractivity contribution in [1.29, 1.82) is 0 Å². The van der Waals surface area contributed by atoms with Gasteiger partial charge in [0.25, 0.3) is 11.8 Å². The minimum atomic E-state index is -3.90. The van der Waals surface area contributed by atoms with Crippen LogP contribution < -0.4 is 10.6 Å². The number of carbonyl (C=O) groups excluding carboxylic acids is 2. The highest BCUT2D eigenvalue weighted by molar-refractivity contribution is 7.90. The summed E-state index contributed by atoms with van der Waals surface area (Å²) in [6.45, 7) is 1.23. The van der Waals surface area contributed by atoms with Crippen LogP contribution in [0.15, 0.2) is 41.3 Å². The molecule has 212 valence electrons. The monoisotopic (exact) mass is 607 g/mol. The number of sulfone groups is 1. The lowest BCUT2D eigenvalue weighted by molar-refractivity contribution is -0.110. The molecule has 0 saturated heterocycles. The van der Waals surface area contributed by atoms with Crippen LogP contribution in [0.5, 0.6) is 0 Å². The molecule has 1 aliphatic rings. The number of nitrogens with one attached hydrogen (secondary N) is 3. The van der Waals surface area contributed by atoms with Crippen molar-refractivity contribution < 1.29 is 33.3 Å². The number of aryl methyl sites for hydroxylation is 1. The van der Waals surface area contributed by atoms with Crippen molar-refractivity contribution in [3.05, 3.63) is 80.1 Å². The Labute approximate surface area is 240 Å². The van der Waals surface area contributed by atoms with Crippen LogP contribution >= 0.6 is 23.2 Å². The Morgan fingerprint density at radius 3 is 2.27 bits per heavy atom. The van der Waals surface area contributed by atoms with Gasteiger partial charge in [0.05, 0.1) is 41.6 Å². The lowest BCUT2D eigenvalue weighted by Crippen LogP contribution is -2.57. The van der Waals surface area contributed by atoms with Crippen LogP contribution in [0.3, 0.4) is 0 Å². The van der Waals surface area contributed by atoms with Gasteiger partial charge in [-0.1, -0.05) is 29.3 Å². The topological polar surface area (TPSA) is 169 Å². The van der Waals surface area contributed by atoms with Crippen molar-refractivity contribution in [2.45, 2.75) is 30.0 Å². The number of benzene rings is 2. The van der Waals surface area contributed by atoms with Gasteiger partial charge >= 0.3 is 0 Å². The van der Waals surface area contributed by atoms with E-state index < -0.39 is 52.8 Å². The van der Waals surface area contributed by atoms with E-state index >= 15 is 0 Å². The number of carbonyl (C=O) groups is 2. The van der Waals surface area contributed by atoms with Crippen LogP contribution in [0.25, 0.3) is 11.6 Å². The second-order valence-corrected chi connectivity index (χ2v) is 12.4. The van der Waals surface area contributed by atoms with Gasteiger partial charge in [0.15, 0.2) is 9.84 Å². The lowest BCUT2D eigenvalue weighted by Gasteiger charge is -2.28. The summed E-state index contributed by atoms with van der Waals surface area (Å²) in [5, 5.41) is 34.3. The zero-order valence-corrected chi connectivity index (χ0v) is 23.8. The summed E-state index contributed by atoms with van der Waals surface area (Å²) in [5.41, 5.74) is 1.13. The first kappa shape index (κ1) is 29.8. The molecule has 4 rings (SSSR count). The molecule has 1 aliphatic heterocycles. The highest BCUT2D eigenvalue weighted by Gasteiger charge is 2.33. The Morgan fingerprint density at radius 1 is 1.05 bits per heavy atom. The third-order valence-electron chi connectivity index (χ3n) is 6.81. The van der Waals surface area contributed by atoms with Gasteiger partial charge in [0, 0.05) is 38.2 Å². The Morgan fingerprint density at radius 2 is 1.68 bits per heavy atom. The zero-order valence-electron chi connectivity index (χ0n) is 21.5. The van der Waals surface area contributed by atoms with Crippen molar-refractivity contribution in [1.82, 2.24) is 10.3 Å². The molecule has 6 N–H and O–H groups in total. The minimum absolute atomic E-state index is 0.0301. The molecule has 0 bridgehead atoms. The number of hydrogen-bond acceptors (Lipinski definition) is 7. The Balaban J connectivity index is 1.71. The minimum Gasteiger partial charge on any atom is -0.394 e. The number of aliphatic hydroxyl groups is 3. The van der Waals surface area contributed by atoms with Crippen LogP contribution in [0.4, 0.5) is 5.69 Å². The number of aromatic nitrogens is 1. The van der Waals surface area contributed by atoms with Crippen molar-refractivity contribution in [3.8, 4) is 0 Å². The number of fused-ring (bicyclic) bond motifs is 1. The molecule has 2 amide bonds. The molecule has 0 radical (unpaired) electrons. The third-order valence-corrected chi connectivity index (χ3v) is 9.16. The predicted molar refractivity (Wildman–Crippen MR) is 152 cm³/mol. The predicted octanol–water partition coefficient (Wildman–Crippen LogP) is 2.85. The summed E-state index contributed by atoms with van der Waals surface area (Å²) < 4.78 is 26.5. The summed E-state index contributed by atoms with van der Waals surface area (Å²) in [7, 11) is -3.90. The normalized spacial score (nSPS) is 14.4. The fourth-order valence-corrected chi connectivity index (χ4v) is 6.54. The van der Waals surface area contributed by atoms with E-state index in [1.807, 2.05) is 0 Å². The van der Waals surface area contributed by atoms with Crippen LogP contribution in [-0.4, -0.2) is 65.9 Å². The Bertz CT molecular complexity index is 1620. The number of anilines is 1. The van der Waals surface area contributed by atoms with Crippen LogP contribution in [0.2, 0.25) is 10.0 Å². The molecule has 10 nitrogen and oxygen atoms in total. The van der Waals surface area contributed by atoms with Gasteiger partial charge in [-0.15, -0.1) is 0 Å². The maximum atomic E-state index is 13.3. The van der Waals surface area contributed by atoms with Gasteiger partial charge in [-0.25, -0.2) is 8.42 Å². The fourth-order valence-electron chi connectivity index (χ4n) is 4.42. The molecular weight excluding hydrogens is 581 g/mol. The van der Waals surface area contributed by atoms with Gasteiger partial charge < -0.3 is 30.9 Å². The molecule has 0 spiro atoms. The van der Waals surface area contributed by atoms with E-state index in [1.54, 1.807) is 32.0 Å². The molecule has 3 aromatic rings. The van der Waals surface area contributed by atoms with Gasteiger partial charge in [-0.05, 0) is 55.8 Å². The molecule has 0 unspecified atom stereocenters.